The summed E-state index contributed by atoms with van der Waals surface area (Å²) >= 11 is 3.13. The van der Waals surface area contributed by atoms with E-state index >= 15 is 0 Å². The van der Waals surface area contributed by atoms with E-state index < -0.39 is 0 Å². The van der Waals surface area contributed by atoms with Gasteiger partial charge in [0.1, 0.15) is 17.1 Å². The van der Waals surface area contributed by atoms with Gasteiger partial charge in [-0.15, -0.1) is 0 Å². The Morgan fingerprint density at radius 2 is 2.29 bits per heavy atom. The lowest BCUT2D eigenvalue weighted by Gasteiger charge is -2.06. The van der Waals surface area contributed by atoms with Crippen LogP contribution in [0.4, 0.5) is 4.39 Å². The third-order valence-electron chi connectivity index (χ3n) is 1.96. The van der Waals surface area contributed by atoms with E-state index in [2.05, 4.69) is 20.9 Å². The molecule has 0 atom stereocenters. The highest BCUT2D eigenvalue weighted by atomic mass is 79.9. The Morgan fingerprint density at radius 3 is 3.00 bits per heavy atom. The molecule has 0 radical (unpaired) electrons. The Labute approximate surface area is 88.8 Å². The summed E-state index contributed by atoms with van der Waals surface area (Å²) in [5.74, 6) is 0.253. The van der Waals surface area contributed by atoms with Crippen LogP contribution in [0.2, 0.25) is 0 Å². The van der Waals surface area contributed by atoms with Gasteiger partial charge in [0.25, 0.3) is 0 Å². The number of pyridine rings is 1. The highest BCUT2D eigenvalue weighted by Gasteiger charge is 2.10. The second kappa shape index (κ2) is 3.53. The molecule has 0 spiro atoms. The molecule has 0 bridgehead atoms. The van der Waals surface area contributed by atoms with Gasteiger partial charge in [-0.2, -0.15) is 0 Å². The van der Waals surface area contributed by atoms with Gasteiger partial charge in [0, 0.05) is 11.6 Å². The number of nitrogens with zero attached hydrogens (tertiary/aromatic N) is 1. The number of hydrogen-bond acceptors (Lipinski definition) is 2. The van der Waals surface area contributed by atoms with Crippen molar-refractivity contribution in [1.82, 2.24) is 4.98 Å². The molecule has 2 rings (SSSR count). The van der Waals surface area contributed by atoms with E-state index in [0.717, 1.165) is 0 Å². The Kier molecular flexibility index (Phi) is 2.37. The molecule has 4 heteroatoms. The quantitative estimate of drug-likeness (QED) is 0.781. The molecule has 0 N–H and O–H groups in total. The smallest absolute Gasteiger partial charge is 0.147 e. The van der Waals surface area contributed by atoms with E-state index in [9.17, 15) is 4.39 Å². The molecule has 0 aliphatic rings. The molecule has 1 aromatic heterocycles. The molecule has 72 valence electrons. The summed E-state index contributed by atoms with van der Waals surface area (Å²) in [6.45, 7) is 0. The maximum Gasteiger partial charge on any atom is 0.147 e. The zero-order chi connectivity index (χ0) is 10.1. The van der Waals surface area contributed by atoms with E-state index in [1.165, 1.54) is 7.11 Å². The van der Waals surface area contributed by atoms with Gasteiger partial charge in [-0.3, -0.25) is 4.98 Å². The number of halogens is 2. The fraction of sp³-hybridized carbons (Fsp3) is 0.100. The lowest BCUT2D eigenvalue weighted by molar-refractivity contribution is 0.417. The van der Waals surface area contributed by atoms with Crippen LogP contribution in [-0.2, 0) is 0 Å². The predicted octanol–water partition coefficient (Wildman–Crippen LogP) is 3.15. The van der Waals surface area contributed by atoms with E-state index in [0.29, 0.717) is 21.1 Å². The van der Waals surface area contributed by atoms with E-state index in [4.69, 9.17) is 4.74 Å². The highest BCUT2D eigenvalue weighted by Crippen LogP contribution is 2.31. The van der Waals surface area contributed by atoms with Crippen molar-refractivity contribution >= 4 is 26.8 Å². The lowest BCUT2D eigenvalue weighted by Crippen LogP contribution is -1.90. The van der Waals surface area contributed by atoms with Crippen molar-refractivity contribution in [2.24, 2.45) is 0 Å². The van der Waals surface area contributed by atoms with Crippen LogP contribution in [0, 0.1) is 5.82 Å². The predicted molar refractivity (Wildman–Crippen MR) is 56.0 cm³/mol. The number of benzene rings is 1. The Hall–Kier alpha value is -1.16. The summed E-state index contributed by atoms with van der Waals surface area (Å²) in [5, 5.41) is 0.457. The van der Waals surface area contributed by atoms with Gasteiger partial charge in [0.2, 0.25) is 0 Å². The van der Waals surface area contributed by atoms with Crippen LogP contribution in [0.15, 0.2) is 28.9 Å². The average molecular weight is 256 g/mol. The number of aromatic nitrogens is 1. The molecule has 2 aromatic rings. The topological polar surface area (TPSA) is 22.1 Å². The van der Waals surface area contributed by atoms with Crippen molar-refractivity contribution in [1.29, 1.82) is 0 Å². The summed E-state index contributed by atoms with van der Waals surface area (Å²) in [4.78, 5) is 4.07. The number of methoxy groups -OCH3 is 1. The van der Waals surface area contributed by atoms with Crippen molar-refractivity contribution in [2.75, 3.05) is 7.11 Å². The first kappa shape index (κ1) is 9.40. The molecule has 0 amide bonds. The second-order valence-corrected chi connectivity index (χ2v) is 3.63. The van der Waals surface area contributed by atoms with E-state index in [1.54, 1.807) is 24.4 Å². The molecule has 0 aliphatic carbocycles. The fourth-order valence-electron chi connectivity index (χ4n) is 1.31. The van der Waals surface area contributed by atoms with E-state index in [-0.39, 0.29) is 5.82 Å². The van der Waals surface area contributed by atoms with Gasteiger partial charge in [-0.25, -0.2) is 4.39 Å². The third-order valence-corrected chi connectivity index (χ3v) is 2.54. The lowest BCUT2D eigenvalue weighted by atomic mass is 10.2. The Morgan fingerprint density at radius 1 is 1.50 bits per heavy atom. The molecule has 1 heterocycles. The van der Waals surface area contributed by atoms with Crippen molar-refractivity contribution < 1.29 is 9.13 Å². The minimum atomic E-state index is -0.311. The first-order chi connectivity index (χ1) is 6.74. The third kappa shape index (κ3) is 1.35. The van der Waals surface area contributed by atoms with Gasteiger partial charge >= 0.3 is 0 Å². The summed E-state index contributed by atoms with van der Waals surface area (Å²) in [7, 11) is 1.54. The van der Waals surface area contributed by atoms with Crippen LogP contribution in [0.1, 0.15) is 0 Å². The normalized spacial score (nSPS) is 10.5. The zero-order valence-corrected chi connectivity index (χ0v) is 9.01. The summed E-state index contributed by atoms with van der Waals surface area (Å²) < 4.78 is 19.1. The zero-order valence-electron chi connectivity index (χ0n) is 7.42. The number of fused-ring (bicyclic) bond motifs is 1. The summed E-state index contributed by atoms with van der Waals surface area (Å²) in [6.07, 6.45) is 1.61. The largest absolute Gasteiger partial charge is 0.494 e. The summed E-state index contributed by atoms with van der Waals surface area (Å²) in [5.41, 5.74) is 0.538. The highest BCUT2D eigenvalue weighted by molar-refractivity contribution is 9.10. The maximum absolute atomic E-state index is 13.6. The molecule has 2 nitrogen and oxygen atoms in total. The first-order valence-electron chi connectivity index (χ1n) is 4.00. The monoisotopic (exact) mass is 255 g/mol. The average Bonchev–Trinajstić information content (AvgIpc) is 2.23. The van der Waals surface area contributed by atoms with Crippen molar-refractivity contribution in [3.05, 3.63) is 34.7 Å². The van der Waals surface area contributed by atoms with Gasteiger partial charge < -0.3 is 4.74 Å². The first-order valence-corrected chi connectivity index (χ1v) is 4.80. The van der Waals surface area contributed by atoms with E-state index in [1.807, 2.05) is 0 Å². The minimum absolute atomic E-state index is 0.311. The van der Waals surface area contributed by atoms with Crippen LogP contribution in [0.3, 0.4) is 0 Å². The molecule has 0 saturated carbocycles. The second-order valence-electron chi connectivity index (χ2n) is 2.77. The van der Waals surface area contributed by atoms with Crippen molar-refractivity contribution in [2.45, 2.75) is 0 Å². The standard InChI is InChI=1S/C10H7BrFNO/c1-14-8-5-7(11)9(12)6-3-2-4-13-10(6)8/h2-5H,1H3. The van der Waals surface area contributed by atoms with Crippen LogP contribution < -0.4 is 4.74 Å². The van der Waals surface area contributed by atoms with Crippen molar-refractivity contribution in [3.63, 3.8) is 0 Å². The van der Waals surface area contributed by atoms with Crippen molar-refractivity contribution in [3.8, 4) is 5.75 Å². The number of rotatable bonds is 1. The van der Waals surface area contributed by atoms with Gasteiger partial charge in [0.05, 0.1) is 11.6 Å². The molecule has 14 heavy (non-hydrogen) atoms. The molecule has 0 fully saturated rings. The van der Waals surface area contributed by atoms with Crippen LogP contribution >= 0.6 is 15.9 Å². The molecular formula is C10H7BrFNO. The van der Waals surface area contributed by atoms with Crippen LogP contribution in [0.5, 0.6) is 5.75 Å². The Bertz CT molecular complexity index is 487. The fourth-order valence-corrected chi connectivity index (χ4v) is 1.73. The van der Waals surface area contributed by atoms with Crippen LogP contribution in [0.25, 0.3) is 10.9 Å². The molecular weight excluding hydrogens is 249 g/mol. The molecule has 0 aliphatic heterocycles. The molecule has 1 aromatic carbocycles. The molecule has 0 unspecified atom stereocenters. The van der Waals surface area contributed by atoms with Gasteiger partial charge in [-0.1, -0.05) is 0 Å². The SMILES string of the molecule is COc1cc(Br)c(F)c2cccnc12. The maximum atomic E-state index is 13.6. The van der Waals surface area contributed by atoms with Gasteiger partial charge in [0.15, 0.2) is 0 Å². The van der Waals surface area contributed by atoms with Gasteiger partial charge in [-0.05, 0) is 34.1 Å². The van der Waals surface area contributed by atoms with Crippen LogP contribution in [-0.4, -0.2) is 12.1 Å². The minimum Gasteiger partial charge on any atom is -0.494 e. The Balaban J connectivity index is 2.89. The summed E-state index contributed by atoms with van der Waals surface area (Å²) in [6, 6.07) is 4.94. The molecule has 0 saturated heterocycles. The number of hydrogen-bond donors (Lipinski definition) is 0. The number of ether oxygens (including phenoxy) is 1.